The molecular weight excluding hydrogens is 322 g/mol. The molecule has 1 saturated carbocycles. The van der Waals surface area contributed by atoms with Gasteiger partial charge in [0.15, 0.2) is 11.5 Å². The number of ether oxygens (including phenoxy) is 1. The van der Waals surface area contributed by atoms with Crippen LogP contribution < -0.4 is 0 Å². The van der Waals surface area contributed by atoms with Gasteiger partial charge in [0.1, 0.15) is 0 Å². The second-order valence-electron chi connectivity index (χ2n) is 7.21. The Kier molecular flexibility index (Phi) is 3.41. The molecule has 0 bridgehead atoms. The maximum Gasteiger partial charge on any atom is 0.278 e. The smallest absolute Gasteiger partial charge is 0.278 e. The van der Waals surface area contributed by atoms with Gasteiger partial charge >= 0.3 is 0 Å². The van der Waals surface area contributed by atoms with E-state index in [-0.39, 0.29) is 17.7 Å². The monoisotopic (exact) mass is 343 g/mol. The zero-order chi connectivity index (χ0) is 17.0. The molecular formula is C17H21N5O3. The van der Waals surface area contributed by atoms with Crippen LogP contribution in [0, 0.1) is 5.92 Å². The van der Waals surface area contributed by atoms with Crippen molar-refractivity contribution in [2.75, 3.05) is 13.2 Å². The first-order chi connectivity index (χ1) is 12.2. The van der Waals surface area contributed by atoms with E-state index in [1.165, 1.54) is 0 Å². The van der Waals surface area contributed by atoms with E-state index in [9.17, 15) is 4.79 Å². The van der Waals surface area contributed by atoms with Gasteiger partial charge in [-0.15, -0.1) is 0 Å². The van der Waals surface area contributed by atoms with Crippen LogP contribution in [-0.4, -0.2) is 43.9 Å². The summed E-state index contributed by atoms with van der Waals surface area (Å²) in [4.78, 5) is 18.9. The lowest BCUT2D eigenvalue weighted by Gasteiger charge is -2.18. The Hall–Kier alpha value is -2.22. The molecule has 5 rings (SSSR count). The second-order valence-corrected chi connectivity index (χ2v) is 7.21. The molecule has 132 valence electrons. The molecule has 1 saturated heterocycles. The number of aryl methyl sites for hydroxylation is 1. The number of nitrogens with zero attached hydrogens (tertiary/aromatic N) is 5. The van der Waals surface area contributed by atoms with Crippen molar-refractivity contribution in [3.8, 4) is 11.6 Å². The molecule has 8 heteroatoms. The molecule has 3 aliphatic rings. The molecule has 0 N–H and O–H groups in total. The van der Waals surface area contributed by atoms with E-state index in [2.05, 4.69) is 15.2 Å². The normalized spacial score (nSPS) is 20.9. The number of hydrogen-bond acceptors (Lipinski definition) is 6. The van der Waals surface area contributed by atoms with Crippen LogP contribution in [0.2, 0.25) is 0 Å². The van der Waals surface area contributed by atoms with Crippen LogP contribution in [0.5, 0.6) is 0 Å². The van der Waals surface area contributed by atoms with Gasteiger partial charge in [0.2, 0.25) is 5.91 Å². The summed E-state index contributed by atoms with van der Waals surface area (Å²) in [6.45, 7) is 2.69. The summed E-state index contributed by atoms with van der Waals surface area (Å²) >= 11 is 0. The highest BCUT2D eigenvalue weighted by atomic mass is 16.5. The first-order valence-electron chi connectivity index (χ1n) is 8.96. The highest BCUT2D eigenvalue weighted by Gasteiger charge is 2.38. The van der Waals surface area contributed by atoms with Crippen molar-refractivity contribution >= 4 is 5.91 Å². The molecule has 0 atom stereocenters. The van der Waals surface area contributed by atoms with E-state index in [1.54, 1.807) is 0 Å². The van der Waals surface area contributed by atoms with Gasteiger partial charge in [-0.25, -0.2) is 0 Å². The van der Waals surface area contributed by atoms with Crippen LogP contribution in [-0.2, 0) is 29.7 Å². The molecule has 2 aliphatic heterocycles. The summed E-state index contributed by atoms with van der Waals surface area (Å²) in [5, 5.41) is 8.74. The maximum absolute atomic E-state index is 12.4. The van der Waals surface area contributed by atoms with Gasteiger partial charge in [-0.05, 0) is 25.7 Å². The molecule has 25 heavy (non-hydrogen) atoms. The minimum absolute atomic E-state index is 0.231. The topological polar surface area (TPSA) is 86.3 Å². The number of aromatic nitrogens is 4. The second kappa shape index (κ2) is 5.66. The van der Waals surface area contributed by atoms with E-state index in [4.69, 9.17) is 9.26 Å². The average Bonchev–Trinajstić information content (AvgIpc) is 3.08. The van der Waals surface area contributed by atoms with E-state index in [1.807, 2.05) is 16.6 Å². The van der Waals surface area contributed by atoms with Gasteiger partial charge in [0.25, 0.3) is 5.89 Å². The molecule has 2 aromatic rings. The third kappa shape index (κ3) is 2.55. The Morgan fingerprint density at radius 3 is 2.72 bits per heavy atom. The largest absolute Gasteiger partial charge is 0.381 e. The third-order valence-corrected chi connectivity index (χ3v) is 5.43. The van der Waals surface area contributed by atoms with E-state index < -0.39 is 0 Å². The van der Waals surface area contributed by atoms with E-state index >= 15 is 0 Å². The zero-order valence-electron chi connectivity index (χ0n) is 14.3. The number of hydrogen-bond donors (Lipinski definition) is 0. The standard InChI is InChI=1S/C17H21N5O3/c1-21-13-9-22(17(23)11-2-3-11)8-12(13)14(19-21)16-18-15(20-25-16)10-4-6-24-7-5-10/h10-11H,2-9H2,1H3. The highest BCUT2D eigenvalue weighted by Crippen LogP contribution is 2.37. The Balaban J connectivity index is 1.41. The fraction of sp³-hybridized carbons (Fsp3) is 0.647. The molecule has 0 spiro atoms. The Labute approximate surface area is 145 Å². The molecule has 1 amide bonds. The summed E-state index contributed by atoms with van der Waals surface area (Å²) in [6.07, 6.45) is 3.88. The van der Waals surface area contributed by atoms with Gasteiger partial charge in [-0.3, -0.25) is 9.48 Å². The highest BCUT2D eigenvalue weighted by molar-refractivity contribution is 5.82. The number of amides is 1. The molecule has 2 aromatic heterocycles. The first-order valence-corrected chi connectivity index (χ1v) is 8.96. The van der Waals surface area contributed by atoms with Crippen LogP contribution in [0.25, 0.3) is 11.6 Å². The zero-order valence-corrected chi connectivity index (χ0v) is 14.3. The average molecular weight is 343 g/mol. The minimum atomic E-state index is 0.231. The van der Waals surface area contributed by atoms with Gasteiger partial charge in [0, 0.05) is 37.7 Å². The Bertz CT molecular complexity index is 816. The van der Waals surface area contributed by atoms with E-state index in [0.29, 0.717) is 19.0 Å². The van der Waals surface area contributed by atoms with Crippen molar-refractivity contribution in [2.24, 2.45) is 13.0 Å². The predicted molar refractivity (Wildman–Crippen MR) is 86.3 cm³/mol. The van der Waals surface area contributed by atoms with Gasteiger partial charge in [0.05, 0.1) is 18.8 Å². The van der Waals surface area contributed by atoms with Crippen LogP contribution in [0.3, 0.4) is 0 Å². The summed E-state index contributed by atoms with van der Waals surface area (Å²) in [7, 11) is 1.91. The van der Waals surface area contributed by atoms with Crippen molar-refractivity contribution in [3.63, 3.8) is 0 Å². The lowest BCUT2D eigenvalue weighted by Crippen LogP contribution is -2.27. The molecule has 4 heterocycles. The number of carbonyl (C=O) groups excluding carboxylic acids is 1. The Morgan fingerprint density at radius 2 is 1.96 bits per heavy atom. The summed E-state index contributed by atoms with van der Waals surface area (Å²) in [5.41, 5.74) is 2.82. The van der Waals surface area contributed by atoms with Crippen LogP contribution in [0.15, 0.2) is 4.52 Å². The van der Waals surface area contributed by atoms with Gasteiger partial charge in [-0.2, -0.15) is 10.1 Å². The van der Waals surface area contributed by atoms with E-state index in [0.717, 1.165) is 61.7 Å². The lowest BCUT2D eigenvalue weighted by molar-refractivity contribution is -0.133. The first kappa shape index (κ1) is 15.1. The van der Waals surface area contributed by atoms with Gasteiger partial charge in [-0.1, -0.05) is 5.16 Å². The Morgan fingerprint density at radius 1 is 1.16 bits per heavy atom. The predicted octanol–water partition coefficient (Wildman–Crippen LogP) is 1.62. The van der Waals surface area contributed by atoms with Crippen LogP contribution in [0.1, 0.15) is 48.7 Å². The lowest BCUT2D eigenvalue weighted by atomic mass is 10.00. The summed E-state index contributed by atoms with van der Waals surface area (Å²) < 4.78 is 12.7. The van der Waals surface area contributed by atoms with Crippen molar-refractivity contribution < 1.29 is 14.1 Å². The molecule has 8 nitrogen and oxygen atoms in total. The summed E-state index contributed by atoms with van der Waals surface area (Å²) in [6, 6.07) is 0. The quantitative estimate of drug-likeness (QED) is 0.842. The summed E-state index contributed by atoms with van der Waals surface area (Å²) in [5.74, 6) is 1.97. The van der Waals surface area contributed by atoms with Crippen LogP contribution >= 0.6 is 0 Å². The maximum atomic E-state index is 12.4. The number of fused-ring (bicyclic) bond motifs is 1. The molecule has 2 fully saturated rings. The third-order valence-electron chi connectivity index (χ3n) is 5.43. The molecule has 0 aromatic carbocycles. The van der Waals surface area contributed by atoms with Crippen molar-refractivity contribution in [1.29, 1.82) is 0 Å². The van der Waals surface area contributed by atoms with Crippen molar-refractivity contribution in [2.45, 2.75) is 44.7 Å². The minimum Gasteiger partial charge on any atom is -0.381 e. The molecule has 0 radical (unpaired) electrons. The van der Waals surface area contributed by atoms with Crippen molar-refractivity contribution in [3.05, 3.63) is 17.1 Å². The SMILES string of the molecule is Cn1nc(-c2nc(C3CCOCC3)no2)c2c1CN(C(=O)C1CC1)C2. The molecule has 1 aliphatic carbocycles. The fourth-order valence-corrected chi connectivity index (χ4v) is 3.76. The van der Waals surface area contributed by atoms with Crippen LogP contribution in [0.4, 0.5) is 0 Å². The number of rotatable bonds is 3. The fourth-order valence-electron chi connectivity index (χ4n) is 3.76. The molecule has 0 unspecified atom stereocenters. The number of carbonyl (C=O) groups is 1. The van der Waals surface area contributed by atoms with Gasteiger partial charge < -0.3 is 14.2 Å². The van der Waals surface area contributed by atoms with Crippen molar-refractivity contribution in [1.82, 2.24) is 24.8 Å².